The molecule has 1 aromatic carbocycles. The molecule has 116 valence electrons. The number of nitrogens with one attached hydrogen (secondary N) is 1. The highest BCUT2D eigenvalue weighted by molar-refractivity contribution is 9.10. The van der Waals surface area contributed by atoms with Crippen LogP contribution in [0.25, 0.3) is 0 Å². The Labute approximate surface area is 130 Å². The maximum Gasteiger partial charge on any atom is 0.326 e. The molecule has 0 saturated carbocycles. The van der Waals surface area contributed by atoms with Crippen molar-refractivity contribution in [2.75, 3.05) is 0 Å². The van der Waals surface area contributed by atoms with E-state index in [1.54, 1.807) is 13.8 Å². The molecule has 1 rings (SSSR count). The van der Waals surface area contributed by atoms with Gasteiger partial charge in [0.25, 0.3) is 5.91 Å². The van der Waals surface area contributed by atoms with Crippen LogP contribution >= 0.6 is 15.9 Å². The lowest BCUT2D eigenvalue weighted by atomic mass is 10.0. The summed E-state index contributed by atoms with van der Waals surface area (Å²) in [5.74, 6) is -2.04. The fraction of sp³-hybridized carbons (Fsp3) is 0.429. The molecule has 0 aliphatic carbocycles. The molecule has 0 radical (unpaired) electrons. The van der Waals surface area contributed by atoms with Crippen molar-refractivity contribution in [2.24, 2.45) is 5.92 Å². The monoisotopic (exact) mass is 361 g/mol. The van der Waals surface area contributed by atoms with Crippen LogP contribution in [-0.4, -0.2) is 29.1 Å². The van der Waals surface area contributed by atoms with E-state index in [1.165, 1.54) is 25.1 Å². The zero-order valence-corrected chi connectivity index (χ0v) is 13.5. The van der Waals surface area contributed by atoms with Gasteiger partial charge in [-0.25, -0.2) is 9.18 Å². The van der Waals surface area contributed by atoms with Crippen LogP contribution in [-0.2, 0) is 9.59 Å². The predicted molar refractivity (Wildman–Crippen MR) is 78.6 cm³/mol. The van der Waals surface area contributed by atoms with Gasteiger partial charge in [-0.2, -0.15) is 0 Å². The van der Waals surface area contributed by atoms with Crippen LogP contribution in [0.2, 0.25) is 0 Å². The number of aliphatic carboxylic acids is 1. The number of ether oxygens (including phenoxy) is 1. The number of rotatable bonds is 6. The summed E-state index contributed by atoms with van der Waals surface area (Å²) in [6.45, 7) is 4.88. The number of carbonyl (C=O) groups excluding carboxylic acids is 1. The van der Waals surface area contributed by atoms with Crippen LogP contribution in [0.4, 0.5) is 4.39 Å². The Hall–Kier alpha value is -1.63. The first-order valence-corrected chi connectivity index (χ1v) is 7.16. The van der Waals surface area contributed by atoms with Crippen molar-refractivity contribution < 1.29 is 23.8 Å². The third kappa shape index (κ3) is 5.00. The van der Waals surface area contributed by atoms with Gasteiger partial charge in [0.05, 0.1) is 4.47 Å². The lowest BCUT2D eigenvalue weighted by Gasteiger charge is -2.21. The van der Waals surface area contributed by atoms with Gasteiger partial charge in [-0.05, 0) is 47.0 Å². The zero-order valence-electron chi connectivity index (χ0n) is 11.9. The molecule has 0 aromatic heterocycles. The van der Waals surface area contributed by atoms with Gasteiger partial charge in [-0.1, -0.05) is 13.8 Å². The first-order valence-electron chi connectivity index (χ1n) is 6.37. The summed E-state index contributed by atoms with van der Waals surface area (Å²) in [5.41, 5.74) is 0. The Bertz CT molecular complexity index is 536. The predicted octanol–water partition coefficient (Wildman–Crippen LogP) is 2.58. The summed E-state index contributed by atoms with van der Waals surface area (Å²) in [4.78, 5) is 23.0. The molecule has 1 unspecified atom stereocenters. The van der Waals surface area contributed by atoms with Gasteiger partial charge in [0.1, 0.15) is 17.6 Å². The molecular weight excluding hydrogens is 345 g/mol. The maximum absolute atomic E-state index is 13.0. The van der Waals surface area contributed by atoms with Crippen molar-refractivity contribution in [2.45, 2.75) is 32.9 Å². The van der Waals surface area contributed by atoms with Gasteiger partial charge < -0.3 is 15.2 Å². The summed E-state index contributed by atoms with van der Waals surface area (Å²) in [5, 5.41) is 11.4. The highest BCUT2D eigenvalue weighted by Crippen LogP contribution is 2.26. The maximum atomic E-state index is 13.0. The number of hydrogen-bond acceptors (Lipinski definition) is 3. The smallest absolute Gasteiger partial charge is 0.326 e. The second-order valence-corrected chi connectivity index (χ2v) is 5.76. The second-order valence-electron chi connectivity index (χ2n) is 4.90. The quantitative estimate of drug-likeness (QED) is 0.816. The van der Waals surface area contributed by atoms with E-state index in [0.29, 0.717) is 10.2 Å². The van der Waals surface area contributed by atoms with Crippen molar-refractivity contribution in [3.8, 4) is 5.75 Å². The Morgan fingerprint density at radius 2 is 1.95 bits per heavy atom. The molecular formula is C14H17BrFNO4. The van der Waals surface area contributed by atoms with Gasteiger partial charge in [-0.3, -0.25) is 4.79 Å². The highest BCUT2D eigenvalue weighted by atomic mass is 79.9. The van der Waals surface area contributed by atoms with Gasteiger partial charge in [0.2, 0.25) is 0 Å². The van der Waals surface area contributed by atoms with Crippen LogP contribution in [0.3, 0.4) is 0 Å². The number of carbonyl (C=O) groups is 2. The van der Waals surface area contributed by atoms with Crippen molar-refractivity contribution >= 4 is 27.8 Å². The number of carboxylic acid groups (broad SMARTS) is 1. The molecule has 2 atom stereocenters. The van der Waals surface area contributed by atoms with E-state index in [-0.39, 0.29) is 5.92 Å². The molecule has 0 fully saturated rings. The normalized spacial score (nSPS) is 13.6. The minimum absolute atomic E-state index is 0.254. The van der Waals surface area contributed by atoms with E-state index in [0.717, 1.165) is 0 Å². The summed E-state index contributed by atoms with van der Waals surface area (Å²) >= 11 is 3.13. The SMILES string of the molecule is CC(Oc1ccc(F)cc1Br)C(=O)N[C@H](C(=O)O)C(C)C. The zero-order chi connectivity index (χ0) is 16.2. The van der Waals surface area contributed by atoms with Crippen molar-refractivity contribution in [1.82, 2.24) is 5.32 Å². The summed E-state index contributed by atoms with van der Waals surface area (Å²) in [6, 6.07) is 2.83. The van der Waals surface area contributed by atoms with Gasteiger partial charge in [-0.15, -0.1) is 0 Å². The van der Waals surface area contributed by atoms with Crippen LogP contribution in [0, 0.1) is 11.7 Å². The van der Waals surface area contributed by atoms with E-state index in [9.17, 15) is 14.0 Å². The molecule has 0 heterocycles. The average molecular weight is 362 g/mol. The van der Waals surface area contributed by atoms with Gasteiger partial charge in [0, 0.05) is 0 Å². The molecule has 0 spiro atoms. The van der Waals surface area contributed by atoms with Crippen LogP contribution in [0.1, 0.15) is 20.8 Å². The molecule has 0 aliphatic rings. The fourth-order valence-electron chi connectivity index (χ4n) is 1.60. The van der Waals surface area contributed by atoms with E-state index in [4.69, 9.17) is 9.84 Å². The molecule has 1 amide bonds. The molecule has 2 N–H and O–H groups in total. The molecule has 0 bridgehead atoms. The Morgan fingerprint density at radius 1 is 1.33 bits per heavy atom. The molecule has 1 aromatic rings. The molecule has 0 saturated heterocycles. The molecule has 21 heavy (non-hydrogen) atoms. The second kappa shape index (κ2) is 7.40. The minimum atomic E-state index is -1.10. The third-order valence-corrected chi connectivity index (χ3v) is 3.42. The average Bonchev–Trinajstić information content (AvgIpc) is 2.37. The Morgan fingerprint density at radius 3 is 2.43 bits per heavy atom. The van der Waals surface area contributed by atoms with Crippen LogP contribution in [0.15, 0.2) is 22.7 Å². The molecule has 7 heteroatoms. The summed E-state index contributed by atoms with van der Waals surface area (Å²) in [7, 11) is 0. The standard InChI is InChI=1S/C14H17BrFNO4/c1-7(2)12(14(19)20)17-13(18)8(3)21-11-5-4-9(16)6-10(11)15/h4-8,12H,1-3H3,(H,17,18)(H,19,20)/t8?,12-/m0/s1. The van der Waals surface area contributed by atoms with E-state index in [2.05, 4.69) is 21.2 Å². The number of halogens is 2. The third-order valence-electron chi connectivity index (χ3n) is 2.80. The van der Waals surface area contributed by atoms with Crippen LogP contribution < -0.4 is 10.1 Å². The number of benzene rings is 1. The summed E-state index contributed by atoms with van der Waals surface area (Å²) < 4.78 is 18.7. The lowest BCUT2D eigenvalue weighted by Crippen LogP contribution is -2.48. The van der Waals surface area contributed by atoms with E-state index >= 15 is 0 Å². The first kappa shape index (κ1) is 17.4. The molecule has 0 aliphatic heterocycles. The largest absolute Gasteiger partial charge is 0.480 e. The Balaban J connectivity index is 2.72. The van der Waals surface area contributed by atoms with E-state index in [1.807, 2.05) is 0 Å². The van der Waals surface area contributed by atoms with E-state index < -0.39 is 29.8 Å². The minimum Gasteiger partial charge on any atom is -0.480 e. The van der Waals surface area contributed by atoms with Crippen molar-refractivity contribution in [3.63, 3.8) is 0 Å². The first-order chi connectivity index (χ1) is 9.72. The number of carboxylic acids is 1. The Kier molecular flexibility index (Phi) is 6.14. The topological polar surface area (TPSA) is 75.6 Å². The molecule has 5 nitrogen and oxygen atoms in total. The van der Waals surface area contributed by atoms with Gasteiger partial charge in [0.15, 0.2) is 6.10 Å². The number of hydrogen-bond donors (Lipinski definition) is 2. The lowest BCUT2D eigenvalue weighted by molar-refractivity contribution is -0.144. The highest BCUT2D eigenvalue weighted by Gasteiger charge is 2.26. The van der Waals surface area contributed by atoms with Crippen molar-refractivity contribution in [1.29, 1.82) is 0 Å². The van der Waals surface area contributed by atoms with Gasteiger partial charge >= 0.3 is 5.97 Å². The fourth-order valence-corrected chi connectivity index (χ4v) is 2.04. The summed E-state index contributed by atoms with van der Waals surface area (Å²) in [6.07, 6.45) is -0.910. The van der Waals surface area contributed by atoms with Crippen LogP contribution in [0.5, 0.6) is 5.75 Å². The number of amides is 1. The van der Waals surface area contributed by atoms with Crippen molar-refractivity contribution in [3.05, 3.63) is 28.5 Å².